The van der Waals surface area contributed by atoms with Gasteiger partial charge in [-0.15, -0.1) is 0 Å². The van der Waals surface area contributed by atoms with Crippen LogP contribution in [0.4, 0.5) is 0 Å². The van der Waals surface area contributed by atoms with Crippen molar-refractivity contribution in [1.82, 2.24) is 10.2 Å². The Kier molecular flexibility index (Phi) is 4.81. The zero-order valence-electron chi connectivity index (χ0n) is 12.8. The predicted molar refractivity (Wildman–Crippen MR) is 76.2 cm³/mol. The van der Waals surface area contributed by atoms with Gasteiger partial charge in [-0.05, 0) is 32.6 Å². The van der Waals surface area contributed by atoms with E-state index < -0.39 is 0 Å². The zero-order chi connectivity index (χ0) is 14.8. The highest BCUT2D eigenvalue weighted by molar-refractivity contribution is 6.05. The van der Waals surface area contributed by atoms with Crippen LogP contribution in [0.2, 0.25) is 0 Å². The van der Waals surface area contributed by atoms with Gasteiger partial charge in [0.2, 0.25) is 11.8 Å². The first kappa shape index (κ1) is 15.4. The Hall–Kier alpha value is -0.940. The van der Waals surface area contributed by atoms with Crippen LogP contribution in [0, 0.1) is 0 Å². The number of imide groups is 1. The maximum Gasteiger partial charge on any atom is 0.247 e. The Bertz CT molecular complexity index is 373. The average Bonchev–Trinajstić information content (AvgIpc) is 2.68. The molecular weight excluding hydrogens is 256 g/mol. The van der Waals surface area contributed by atoms with Crippen molar-refractivity contribution in [3.63, 3.8) is 0 Å². The minimum absolute atomic E-state index is 0.0391. The van der Waals surface area contributed by atoms with E-state index in [4.69, 9.17) is 4.74 Å². The van der Waals surface area contributed by atoms with Gasteiger partial charge in [-0.1, -0.05) is 13.8 Å². The summed E-state index contributed by atoms with van der Waals surface area (Å²) in [6.45, 7) is 7.51. The fraction of sp³-hybridized carbons (Fsp3) is 0.867. The van der Waals surface area contributed by atoms with Gasteiger partial charge in [0, 0.05) is 18.2 Å². The highest BCUT2D eigenvalue weighted by Gasteiger charge is 2.44. The van der Waals surface area contributed by atoms with Crippen LogP contribution in [0.1, 0.15) is 52.9 Å². The predicted octanol–water partition coefficient (Wildman–Crippen LogP) is 1.46. The number of carbonyl (C=O) groups excluding carboxylic acids is 2. The van der Waals surface area contributed by atoms with Crippen LogP contribution in [0.5, 0.6) is 0 Å². The van der Waals surface area contributed by atoms with E-state index in [2.05, 4.69) is 12.2 Å². The van der Waals surface area contributed by atoms with Crippen LogP contribution < -0.4 is 5.32 Å². The van der Waals surface area contributed by atoms with Crippen molar-refractivity contribution in [3.8, 4) is 0 Å². The lowest BCUT2D eigenvalue weighted by molar-refractivity contribution is -0.142. The average molecular weight is 282 g/mol. The first-order chi connectivity index (χ1) is 9.50. The van der Waals surface area contributed by atoms with Crippen molar-refractivity contribution in [2.75, 3.05) is 13.2 Å². The maximum absolute atomic E-state index is 12.5. The first-order valence-corrected chi connectivity index (χ1v) is 7.72. The summed E-state index contributed by atoms with van der Waals surface area (Å²) >= 11 is 0. The number of nitrogens with zero attached hydrogens (tertiary/aromatic N) is 1. The standard InChI is InChI=1S/C15H26N2O3/c1-4-11(5-2)17-13(18)9-12(14(17)19)16-15(3)7-6-8-20-10-15/h11-12,16H,4-10H2,1-3H3. The molecule has 5 heteroatoms. The Morgan fingerprint density at radius 1 is 1.40 bits per heavy atom. The molecule has 2 amide bonds. The second-order valence-corrected chi connectivity index (χ2v) is 6.19. The first-order valence-electron chi connectivity index (χ1n) is 7.72. The second-order valence-electron chi connectivity index (χ2n) is 6.19. The topological polar surface area (TPSA) is 58.6 Å². The van der Waals surface area contributed by atoms with E-state index in [1.165, 1.54) is 4.90 Å². The van der Waals surface area contributed by atoms with E-state index >= 15 is 0 Å². The Morgan fingerprint density at radius 2 is 2.10 bits per heavy atom. The zero-order valence-corrected chi connectivity index (χ0v) is 12.8. The molecule has 20 heavy (non-hydrogen) atoms. The lowest BCUT2D eigenvalue weighted by Gasteiger charge is -2.36. The van der Waals surface area contributed by atoms with Gasteiger partial charge in [0.05, 0.1) is 19.1 Å². The van der Waals surface area contributed by atoms with Crippen LogP contribution in [0.3, 0.4) is 0 Å². The van der Waals surface area contributed by atoms with Gasteiger partial charge >= 0.3 is 0 Å². The summed E-state index contributed by atoms with van der Waals surface area (Å²) in [6.07, 6.45) is 3.90. The molecule has 2 aliphatic heterocycles. The third kappa shape index (κ3) is 3.04. The molecule has 0 bridgehead atoms. The van der Waals surface area contributed by atoms with Gasteiger partial charge in [0.25, 0.3) is 0 Å². The summed E-state index contributed by atoms with van der Waals surface area (Å²) in [4.78, 5) is 26.1. The van der Waals surface area contributed by atoms with Crippen molar-refractivity contribution in [2.45, 2.75) is 70.5 Å². The van der Waals surface area contributed by atoms with E-state index in [1.54, 1.807) is 0 Å². The number of likely N-dealkylation sites (tertiary alicyclic amines) is 1. The summed E-state index contributed by atoms with van der Waals surface area (Å²) in [6, 6.07) is -0.341. The van der Waals surface area contributed by atoms with E-state index in [9.17, 15) is 9.59 Å². The summed E-state index contributed by atoms with van der Waals surface area (Å²) in [5.74, 6) is -0.1000. The summed E-state index contributed by atoms with van der Waals surface area (Å²) in [5.41, 5.74) is -0.192. The monoisotopic (exact) mass is 282 g/mol. The van der Waals surface area contributed by atoms with Crippen molar-refractivity contribution in [2.24, 2.45) is 0 Å². The fourth-order valence-electron chi connectivity index (χ4n) is 3.27. The lowest BCUT2D eigenvalue weighted by atomic mass is 9.93. The van der Waals surface area contributed by atoms with Crippen LogP contribution in [0.15, 0.2) is 0 Å². The molecule has 2 heterocycles. The van der Waals surface area contributed by atoms with Crippen molar-refractivity contribution >= 4 is 11.8 Å². The van der Waals surface area contributed by atoms with E-state index in [-0.39, 0.29) is 35.9 Å². The van der Waals surface area contributed by atoms with Crippen molar-refractivity contribution < 1.29 is 14.3 Å². The normalized spacial score (nSPS) is 31.4. The van der Waals surface area contributed by atoms with Crippen LogP contribution in [0.25, 0.3) is 0 Å². The van der Waals surface area contributed by atoms with Crippen LogP contribution in [-0.2, 0) is 14.3 Å². The smallest absolute Gasteiger partial charge is 0.247 e. The number of hydrogen-bond acceptors (Lipinski definition) is 4. The minimum atomic E-state index is -0.380. The Labute approximate surface area is 121 Å². The van der Waals surface area contributed by atoms with Crippen LogP contribution in [-0.4, -0.2) is 47.6 Å². The second kappa shape index (κ2) is 6.22. The Morgan fingerprint density at radius 3 is 2.65 bits per heavy atom. The summed E-state index contributed by atoms with van der Waals surface area (Å²) < 4.78 is 5.50. The third-order valence-electron chi connectivity index (χ3n) is 4.45. The molecule has 2 saturated heterocycles. The highest BCUT2D eigenvalue weighted by Crippen LogP contribution is 2.25. The third-order valence-corrected chi connectivity index (χ3v) is 4.45. The van der Waals surface area contributed by atoms with Crippen LogP contribution >= 0.6 is 0 Å². The number of ether oxygens (including phenoxy) is 1. The summed E-state index contributed by atoms with van der Waals surface area (Å²) in [7, 11) is 0. The number of carbonyl (C=O) groups is 2. The molecule has 5 nitrogen and oxygen atoms in total. The largest absolute Gasteiger partial charge is 0.380 e. The summed E-state index contributed by atoms with van der Waals surface area (Å²) in [5, 5.41) is 3.37. The van der Waals surface area contributed by atoms with E-state index in [1.807, 2.05) is 13.8 Å². The number of nitrogens with one attached hydrogen (secondary N) is 1. The van der Waals surface area contributed by atoms with E-state index in [0.717, 1.165) is 32.3 Å². The number of hydrogen-bond donors (Lipinski definition) is 1. The Balaban J connectivity index is 2.04. The van der Waals surface area contributed by atoms with Gasteiger partial charge < -0.3 is 4.74 Å². The quantitative estimate of drug-likeness (QED) is 0.776. The molecular formula is C15H26N2O3. The molecule has 0 aromatic carbocycles. The van der Waals surface area contributed by atoms with Gasteiger partial charge in [0.1, 0.15) is 0 Å². The van der Waals surface area contributed by atoms with Gasteiger partial charge in [0.15, 0.2) is 0 Å². The molecule has 0 aromatic rings. The number of rotatable bonds is 5. The molecule has 0 spiro atoms. The molecule has 1 N–H and O–H groups in total. The molecule has 0 saturated carbocycles. The minimum Gasteiger partial charge on any atom is -0.380 e. The molecule has 2 aliphatic rings. The fourth-order valence-corrected chi connectivity index (χ4v) is 3.27. The molecule has 2 fully saturated rings. The molecule has 0 radical (unpaired) electrons. The molecule has 0 aliphatic carbocycles. The molecule has 0 aromatic heterocycles. The molecule has 2 atom stereocenters. The molecule has 2 unspecified atom stereocenters. The molecule has 2 rings (SSSR count). The number of amides is 2. The van der Waals surface area contributed by atoms with Gasteiger partial charge in [-0.2, -0.15) is 0 Å². The highest BCUT2D eigenvalue weighted by atomic mass is 16.5. The van der Waals surface area contributed by atoms with Crippen molar-refractivity contribution in [3.05, 3.63) is 0 Å². The lowest BCUT2D eigenvalue weighted by Crippen LogP contribution is -2.55. The van der Waals surface area contributed by atoms with E-state index in [0.29, 0.717) is 6.61 Å². The SMILES string of the molecule is CCC(CC)N1C(=O)CC(NC2(C)CCCOC2)C1=O. The van der Waals surface area contributed by atoms with Crippen molar-refractivity contribution in [1.29, 1.82) is 0 Å². The maximum atomic E-state index is 12.5. The van der Waals surface area contributed by atoms with Gasteiger partial charge in [-0.3, -0.25) is 19.8 Å². The van der Waals surface area contributed by atoms with Gasteiger partial charge in [-0.25, -0.2) is 0 Å². The molecule has 114 valence electrons.